The van der Waals surface area contributed by atoms with Crippen molar-refractivity contribution in [3.05, 3.63) is 87.1 Å². The Hall–Kier alpha value is -3.14. The molecule has 0 bridgehead atoms. The molecular weight excluding hydrogens is 479 g/mol. The van der Waals surface area contributed by atoms with Gasteiger partial charge in [0.15, 0.2) is 0 Å². The molecule has 0 saturated carbocycles. The molecule has 1 aliphatic heterocycles. The Morgan fingerprint density at radius 1 is 1.25 bits per heavy atom. The van der Waals surface area contributed by atoms with Gasteiger partial charge in [-0.05, 0) is 68.6 Å². The van der Waals surface area contributed by atoms with Crippen LogP contribution in [0.4, 0.5) is 4.39 Å². The number of nitrogens with one attached hydrogen (secondary N) is 2. The van der Waals surface area contributed by atoms with E-state index in [2.05, 4.69) is 15.6 Å². The summed E-state index contributed by atoms with van der Waals surface area (Å²) in [5.41, 5.74) is 2.30. The summed E-state index contributed by atoms with van der Waals surface area (Å²) >= 11 is 1.50. The second-order valence-corrected chi connectivity index (χ2v) is 10.2. The predicted molar refractivity (Wildman–Crippen MR) is 137 cm³/mol. The molecule has 1 aromatic heterocycles. The Morgan fingerprint density at radius 2 is 2.03 bits per heavy atom. The maximum Gasteiger partial charge on any atom is 0.253 e. The quantitative estimate of drug-likeness (QED) is 0.411. The van der Waals surface area contributed by atoms with E-state index in [4.69, 9.17) is 0 Å². The molecule has 0 spiro atoms. The summed E-state index contributed by atoms with van der Waals surface area (Å²) in [4.78, 5) is 32.2. The third kappa shape index (κ3) is 6.54. The fourth-order valence-electron chi connectivity index (χ4n) is 4.47. The number of hydrogen-bond donors (Lipinski definition) is 3. The van der Waals surface area contributed by atoms with Crippen LogP contribution in [0.15, 0.2) is 53.9 Å². The topological polar surface area (TPSA) is 94.6 Å². The molecule has 0 aliphatic carbocycles. The Balaban J connectivity index is 1.48. The van der Waals surface area contributed by atoms with Gasteiger partial charge in [0.1, 0.15) is 10.8 Å². The van der Waals surface area contributed by atoms with E-state index in [0.717, 1.165) is 30.1 Å². The zero-order valence-electron chi connectivity index (χ0n) is 20.4. The molecule has 1 aliphatic rings. The molecule has 7 nitrogen and oxygen atoms in total. The SMILES string of the molecule is Cc1csc(CN(C)C(=O)c2cccc(C(=O)NC(Cc3cccc(F)c3)C(O)C3CCCN3)c2)n1. The van der Waals surface area contributed by atoms with Crippen LogP contribution in [0.5, 0.6) is 0 Å². The lowest BCUT2D eigenvalue weighted by atomic mass is 9.95. The highest BCUT2D eigenvalue weighted by Crippen LogP contribution is 2.18. The number of aryl methyl sites for hydroxylation is 1. The highest BCUT2D eigenvalue weighted by Gasteiger charge is 2.31. The third-order valence-electron chi connectivity index (χ3n) is 6.34. The number of carbonyl (C=O) groups excluding carboxylic acids is 2. The number of halogens is 1. The first-order valence-corrected chi connectivity index (χ1v) is 12.9. The van der Waals surface area contributed by atoms with Crippen LogP contribution in [0.3, 0.4) is 0 Å². The minimum atomic E-state index is -0.850. The van der Waals surface area contributed by atoms with Gasteiger partial charge in [-0.15, -0.1) is 11.3 Å². The molecule has 3 aromatic rings. The fourth-order valence-corrected chi connectivity index (χ4v) is 5.30. The number of aliphatic hydroxyl groups excluding tert-OH is 1. The van der Waals surface area contributed by atoms with Crippen molar-refractivity contribution in [1.29, 1.82) is 0 Å². The van der Waals surface area contributed by atoms with Crippen molar-refractivity contribution in [2.45, 2.75) is 50.9 Å². The van der Waals surface area contributed by atoms with E-state index in [1.165, 1.54) is 23.5 Å². The van der Waals surface area contributed by atoms with Gasteiger partial charge in [-0.25, -0.2) is 9.37 Å². The minimum absolute atomic E-state index is 0.153. The van der Waals surface area contributed by atoms with Crippen molar-refractivity contribution < 1.29 is 19.1 Å². The number of aromatic nitrogens is 1. The third-order valence-corrected chi connectivity index (χ3v) is 7.29. The standard InChI is InChI=1S/C27H31FN4O3S/c1-17-16-36-24(30-17)15-32(2)27(35)20-8-4-7-19(14-20)26(34)31-23(25(33)22-10-5-11-29-22)13-18-6-3-9-21(28)12-18/h3-4,6-9,12,14,16,22-23,25,29,33H,5,10-11,13,15H2,1-2H3,(H,31,34). The maximum atomic E-state index is 13.8. The van der Waals surface area contributed by atoms with Crippen LogP contribution in [-0.4, -0.2) is 58.6 Å². The first-order chi connectivity index (χ1) is 17.3. The first kappa shape index (κ1) is 25.9. The minimum Gasteiger partial charge on any atom is -0.389 e. The number of thiazole rings is 1. The normalized spacial score (nSPS) is 16.9. The van der Waals surface area contributed by atoms with Crippen molar-refractivity contribution in [2.24, 2.45) is 0 Å². The van der Waals surface area contributed by atoms with Gasteiger partial charge in [-0.1, -0.05) is 18.2 Å². The smallest absolute Gasteiger partial charge is 0.253 e. The zero-order valence-corrected chi connectivity index (χ0v) is 21.2. The molecule has 3 atom stereocenters. The predicted octanol–water partition coefficient (Wildman–Crippen LogP) is 3.32. The van der Waals surface area contributed by atoms with Gasteiger partial charge in [-0.3, -0.25) is 9.59 Å². The summed E-state index contributed by atoms with van der Waals surface area (Å²) < 4.78 is 13.8. The second kappa shape index (κ2) is 11.7. The Labute approximate surface area is 214 Å². The molecule has 190 valence electrons. The zero-order chi connectivity index (χ0) is 25.7. The van der Waals surface area contributed by atoms with Crippen molar-refractivity contribution in [2.75, 3.05) is 13.6 Å². The van der Waals surface area contributed by atoms with Crippen molar-refractivity contribution >= 4 is 23.2 Å². The van der Waals surface area contributed by atoms with E-state index in [-0.39, 0.29) is 24.2 Å². The number of rotatable bonds is 9. The monoisotopic (exact) mass is 510 g/mol. The van der Waals surface area contributed by atoms with E-state index in [1.54, 1.807) is 48.3 Å². The average molecular weight is 511 g/mol. The van der Waals surface area contributed by atoms with Gasteiger partial charge >= 0.3 is 0 Å². The molecule has 0 radical (unpaired) electrons. The lowest BCUT2D eigenvalue weighted by Gasteiger charge is -2.29. The Morgan fingerprint density at radius 3 is 2.72 bits per heavy atom. The summed E-state index contributed by atoms with van der Waals surface area (Å²) in [7, 11) is 1.70. The van der Waals surface area contributed by atoms with Gasteiger partial charge in [0.2, 0.25) is 0 Å². The maximum absolute atomic E-state index is 13.8. The molecule has 2 heterocycles. The van der Waals surface area contributed by atoms with Crippen LogP contribution in [0.1, 0.15) is 49.8 Å². The van der Waals surface area contributed by atoms with E-state index in [9.17, 15) is 19.1 Å². The lowest BCUT2D eigenvalue weighted by molar-refractivity contribution is 0.0737. The van der Waals surface area contributed by atoms with Crippen LogP contribution in [0.25, 0.3) is 0 Å². The van der Waals surface area contributed by atoms with Gasteiger partial charge in [0, 0.05) is 35.3 Å². The first-order valence-electron chi connectivity index (χ1n) is 12.0. The van der Waals surface area contributed by atoms with Gasteiger partial charge in [-0.2, -0.15) is 0 Å². The highest BCUT2D eigenvalue weighted by molar-refractivity contribution is 7.09. The molecule has 2 aromatic carbocycles. The summed E-state index contributed by atoms with van der Waals surface area (Å²) in [6, 6.07) is 11.9. The lowest BCUT2D eigenvalue weighted by Crippen LogP contribution is -2.52. The van der Waals surface area contributed by atoms with Crippen molar-refractivity contribution in [1.82, 2.24) is 20.5 Å². The van der Waals surface area contributed by atoms with E-state index >= 15 is 0 Å². The van der Waals surface area contributed by atoms with Gasteiger partial charge < -0.3 is 20.6 Å². The molecule has 3 N–H and O–H groups in total. The number of amides is 2. The Kier molecular flexibility index (Phi) is 8.45. The summed E-state index contributed by atoms with van der Waals surface area (Å²) in [5, 5.41) is 20.0. The largest absolute Gasteiger partial charge is 0.389 e. The molecule has 9 heteroatoms. The van der Waals surface area contributed by atoms with E-state index in [1.807, 2.05) is 12.3 Å². The number of aliphatic hydroxyl groups is 1. The second-order valence-electron chi connectivity index (χ2n) is 9.23. The molecular formula is C27H31FN4O3S. The van der Waals surface area contributed by atoms with Gasteiger partial charge in [0.05, 0.1) is 18.7 Å². The van der Waals surface area contributed by atoms with Crippen LogP contribution < -0.4 is 10.6 Å². The summed E-state index contributed by atoms with van der Waals surface area (Å²) in [5.74, 6) is -0.986. The van der Waals surface area contributed by atoms with Crippen molar-refractivity contribution in [3.8, 4) is 0 Å². The molecule has 2 amide bonds. The van der Waals surface area contributed by atoms with Crippen LogP contribution in [0, 0.1) is 12.7 Å². The van der Waals surface area contributed by atoms with Crippen LogP contribution >= 0.6 is 11.3 Å². The average Bonchev–Trinajstić information content (AvgIpc) is 3.55. The molecule has 1 fully saturated rings. The van der Waals surface area contributed by atoms with Gasteiger partial charge in [0.25, 0.3) is 11.8 Å². The number of nitrogens with zero attached hydrogens (tertiary/aromatic N) is 2. The molecule has 4 rings (SSSR count). The molecule has 3 unspecified atom stereocenters. The van der Waals surface area contributed by atoms with Crippen LogP contribution in [-0.2, 0) is 13.0 Å². The van der Waals surface area contributed by atoms with Crippen molar-refractivity contribution in [3.63, 3.8) is 0 Å². The Bertz CT molecular complexity index is 1210. The number of carbonyl (C=O) groups is 2. The number of hydrogen-bond acceptors (Lipinski definition) is 6. The van der Waals surface area contributed by atoms with Crippen LogP contribution in [0.2, 0.25) is 0 Å². The fraction of sp³-hybridized carbons (Fsp3) is 0.370. The van der Waals surface area contributed by atoms with E-state index < -0.39 is 18.1 Å². The molecule has 1 saturated heterocycles. The molecule has 36 heavy (non-hydrogen) atoms. The van der Waals surface area contributed by atoms with E-state index in [0.29, 0.717) is 23.2 Å². The highest BCUT2D eigenvalue weighted by atomic mass is 32.1. The summed E-state index contributed by atoms with van der Waals surface area (Å²) in [6.07, 6.45) is 1.17. The summed E-state index contributed by atoms with van der Waals surface area (Å²) in [6.45, 7) is 3.09. The number of benzene rings is 2.